The second-order valence-corrected chi connectivity index (χ2v) is 6.11. The highest BCUT2D eigenvalue weighted by atomic mass is 15.1. The predicted molar refractivity (Wildman–Crippen MR) is 68.4 cm³/mol. The Morgan fingerprint density at radius 3 is 2.44 bits per heavy atom. The molecule has 2 atom stereocenters. The Morgan fingerprint density at radius 1 is 1.25 bits per heavy atom. The minimum absolute atomic E-state index is 0.480. The first kappa shape index (κ1) is 12.3. The molecule has 0 amide bonds. The van der Waals surface area contributed by atoms with Gasteiger partial charge >= 0.3 is 0 Å². The normalized spacial score (nSPS) is 38.4. The molecule has 1 heterocycles. The SMILES string of the molecule is CN1CCCC(C(C2CC(N)C2)N(C)C)C1. The van der Waals surface area contributed by atoms with E-state index in [0.717, 1.165) is 17.9 Å². The molecule has 16 heavy (non-hydrogen) atoms. The van der Waals surface area contributed by atoms with E-state index in [4.69, 9.17) is 5.73 Å². The fourth-order valence-electron chi connectivity index (χ4n) is 3.70. The lowest BCUT2D eigenvalue weighted by molar-refractivity contribution is 0.0428. The van der Waals surface area contributed by atoms with E-state index < -0.39 is 0 Å². The van der Waals surface area contributed by atoms with Gasteiger partial charge in [0, 0.05) is 18.6 Å². The molecule has 2 rings (SSSR count). The van der Waals surface area contributed by atoms with E-state index in [2.05, 4.69) is 30.9 Å². The Bertz CT molecular complexity index is 223. The number of nitrogens with two attached hydrogens (primary N) is 1. The average Bonchev–Trinajstić information content (AvgIpc) is 2.15. The number of likely N-dealkylation sites (tertiary alicyclic amines) is 1. The van der Waals surface area contributed by atoms with Gasteiger partial charge in [-0.2, -0.15) is 0 Å². The molecule has 1 saturated heterocycles. The molecule has 1 aliphatic carbocycles. The minimum atomic E-state index is 0.480. The second-order valence-electron chi connectivity index (χ2n) is 6.11. The number of rotatable bonds is 3. The lowest BCUT2D eigenvalue weighted by Gasteiger charge is -2.47. The highest BCUT2D eigenvalue weighted by molar-refractivity contribution is 4.95. The second kappa shape index (κ2) is 5.03. The maximum atomic E-state index is 5.93. The van der Waals surface area contributed by atoms with Gasteiger partial charge in [0.15, 0.2) is 0 Å². The summed E-state index contributed by atoms with van der Waals surface area (Å²) in [4.78, 5) is 4.93. The lowest BCUT2D eigenvalue weighted by Crippen LogP contribution is -2.53. The third-order valence-electron chi connectivity index (χ3n) is 4.43. The summed E-state index contributed by atoms with van der Waals surface area (Å²) < 4.78 is 0. The van der Waals surface area contributed by atoms with Gasteiger partial charge in [0.2, 0.25) is 0 Å². The zero-order valence-corrected chi connectivity index (χ0v) is 11.0. The molecular formula is C13H27N3. The number of hydrogen-bond acceptors (Lipinski definition) is 3. The van der Waals surface area contributed by atoms with Gasteiger partial charge in [0.1, 0.15) is 0 Å². The quantitative estimate of drug-likeness (QED) is 0.777. The molecule has 1 aliphatic heterocycles. The largest absolute Gasteiger partial charge is 0.328 e. The first-order chi connectivity index (χ1) is 7.58. The first-order valence-corrected chi connectivity index (χ1v) is 6.68. The summed E-state index contributed by atoms with van der Waals surface area (Å²) in [6.07, 6.45) is 5.25. The molecule has 0 spiro atoms. The third-order valence-corrected chi connectivity index (χ3v) is 4.43. The van der Waals surface area contributed by atoms with Gasteiger partial charge in [-0.25, -0.2) is 0 Å². The van der Waals surface area contributed by atoms with Gasteiger partial charge in [-0.3, -0.25) is 0 Å². The molecule has 0 aromatic carbocycles. The smallest absolute Gasteiger partial charge is 0.0159 e. The standard InChI is InChI=1S/C13H27N3/c1-15(2)13(11-7-12(14)8-11)10-5-4-6-16(3)9-10/h10-13H,4-9,14H2,1-3H3. The summed E-state index contributed by atoms with van der Waals surface area (Å²) in [5.74, 6) is 1.70. The van der Waals surface area contributed by atoms with Gasteiger partial charge in [-0.15, -0.1) is 0 Å². The molecular weight excluding hydrogens is 198 g/mol. The zero-order valence-electron chi connectivity index (χ0n) is 11.0. The van der Waals surface area contributed by atoms with Crippen molar-refractivity contribution in [3.63, 3.8) is 0 Å². The van der Waals surface area contributed by atoms with Crippen LogP contribution in [0, 0.1) is 11.8 Å². The van der Waals surface area contributed by atoms with Gasteiger partial charge < -0.3 is 15.5 Å². The van der Waals surface area contributed by atoms with Gasteiger partial charge in [-0.05, 0) is 65.2 Å². The van der Waals surface area contributed by atoms with Crippen molar-refractivity contribution in [1.29, 1.82) is 0 Å². The van der Waals surface area contributed by atoms with Crippen LogP contribution in [0.25, 0.3) is 0 Å². The van der Waals surface area contributed by atoms with Crippen LogP contribution < -0.4 is 5.73 Å². The molecule has 3 nitrogen and oxygen atoms in total. The molecule has 3 heteroatoms. The molecule has 2 N–H and O–H groups in total. The van der Waals surface area contributed by atoms with Crippen LogP contribution in [0.4, 0.5) is 0 Å². The Labute approximate surface area is 100.0 Å². The Hall–Kier alpha value is -0.120. The predicted octanol–water partition coefficient (Wildman–Crippen LogP) is 0.996. The van der Waals surface area contributed by atoms with Crippen LogP contribution in [0.2, 0.25) is 0 Å². The van der Waals surface area contributed by atoms with Crippen molar-refractivity contribution in [1.82, 2.24) is 9.80 Å². The fraction of sp³-hybridized carbons (Fsp3) is 1.00. The van der Waals surface area contributed by atoms with Crippen LogP contribution in [0.1, 0.15) is 25.7 Å². The molecule has 94 valence electrons. The van der Waals surface area contributed by atoms with Crippen molar-refractivity contribution in [2.45, 2.75) is 37.8 Å². The maximum absolute atomic E-state index is 5.93. The monoisotopic (exact) mass is 225 g/mol. The van der Waals surface area contributed by atoms with Crippen LogP contribution >= 0.6 is 0 Å². The van der Waals surface area contributed by atoms with Gasteiger partial charge in [0.25, 0.3) is 0 Å². The van der Waals surface area contributed by atoms with E-state index in [1.165, 1.54) is 38.8 Å². The molecule has 1 saturated carbocycles. The number of piperidine rings is 1. The van der Waals surface area contributed by atoms with Crippen LogP contribution in [-0.2, 0) is 0 Å². The highest BCUT2D eigenvalue weighted by Crippen LogP contribution is 2.36. The average molecular weight is 225 g/mol. The van der Waals surface area contributed by atoms with Crippen molar-refractivity contribution >= 4 is 0 Å². The summed E-state index contributed by atoms with van der Waals surface area (Å²) >= 11 is 0. The number of hydrogen-bond donors (Lipinski definition) is 1. The summed E-state index contributed by atoms with van der Waals surface area (Å²) in [7, 11) is 6.73. The molecule has 0 radical (unpaired) electrons. The molecule has 2 fully saturated rings. The Balaban J connectivity index is 1.95. The van der Waals surface area contributed by atoms with Crippen LogP contribution in [-0.4, -0.2) is 56.1 Å². The Morgan fingerprint density at radius 2 is 1.94 bits per heavy atom. The van der Waals surface area contributed by atoms with Crippen LogP contribution in [0.5, 0.6) is 0 Å². The lowest BCUT2D eigenvalue weighted by atomic mass is 9.70. The van der Waals surface area contributed by atoms with Crippen molar-refractivity contribution in [2.24, 2.45) is 17.6 Å². The molecule has 0 aromatic rings. The third kappa shape index (κ3) is 2.58. The fourth-order valence-corrected chi connectivity index (χ4v) is 3.70. The molecule has 0 bridgehead atoms. The highest BCUT2D eigenvalue weighted by Gasteiger charge is 2.39. The summed E-state index contributed by atoms with van der Waals surface area (Å²) in [5.41, 5.74) is 5.93. The summed E-state index contributed by atoms with van der Waals surface area (Å²) in [6.45, 7) is 2.55. The minimum Gasteiger partial charge on any atom is -0.328 e. The van der Waals surface area contributed by atoms with Crippen molar-refractivity contribution in [3.8, 4) is 0 Å². The van der Waals surface area contributed by atoms with E-state index in [1.807, 2.05) is 0 Å². The number of nitrogens with zero attached hydrogens (tertiary/aromatic N) is 2. The van der Waals surface area contributed by atoms with E-state index >= 15 is 0 Å². The molecule has 2 unspecified atom stereocenters. The first-order valence-electron chi connectivity index (χ1n) is 6.68. The van der Waals surface area contributed by atoms with Crippen molar-refractivity contribution in [2.75, 3.05) is 34.2 Å². The van der Waals surface area contributed by atoms with E-state index in [0.29, 0.717) is 6.04 Å². The van der Waals surface area contributed by atoms with E-state index in [9.17, 15) is 0 Å². The molecule has 2 aliphatic rings. The van der Waals surface area contributed by atoms with E-state index in [-0.39, 0.29) is 0 Å². The topological polar surface area (TPSA) is 32.5 Å². The van der Waals surface area contributed by atoms with Crippen LogP contribution in [0.15, 0.2) is 0 Å². The zero-order chi connectivity index (χ0) is 11.7. The van der Waals surface area contributed by atoms with Gasteiger partial charge in [0.05, 0.1) is 0 Å². The maximum Gasteiger partial charge on any atom is 0.0159 e. The summed E-state index contributed by atoms with van der Waals surface area (Å²) in [6, 6.07) is 1.23. The molecule has 0 aromatic heterocycles. The van der Waals surface area contributed by atoms with Crippen LogP contribution in [0.3, 0.4) is 0 Å². The van der Waals surface area contributed by atoms with Crippen molar-refractivity contribution in [3.05, 3.63) is 0 Å². The van der Waals surface area contributed by atoms with Gasteiger partial charge in [-0.1, -0.05) is 0 Å². The van der Waals surface area contributed by atoms with Crippen molar-refractivity contribution < 1.29 is 0 Å². The van der Waals surface area contributed by atoms with E-state index in [1.54, 1.807) is 0 Å². The Kier molecular flexibility index (Phi) is 3.88. The summed E-state index contributed by atoms with van der Waals surface area (Å²) in [5, 5.41) is 0.